The van der Waals surface area contributed by atoms with Crippen LogP contribution in [0.2, 0.25) is 0 Å². The van der Waals surface area contributed by atoms with Gasteiger partial charge in [-0.25, -0.2) is 4.39 Å². The van der Waals surface area contributed by atoms with E-state index in [1.54, 1.807) is 30.3 Å². The second-order valence-corrected chi connectivity index (χ2v) is 7.68. The van der Waals surface area contributed by atoms with Gasteiger partial charge in [0.05, 0.1) is 11.6 Å². The maximum absolute atomic E-state index is 13.9. The Labute approximate surface area is 192 Å². The van der Waals surface area contributed by atoms with Crippen molar-refractivity contribution in [2.45, 2.75) is 6.61 Å². The molecule has 1 heterocycles. The van der Waals surface area contributed by atoms with E-state index in [0.29, 0.717) is 27.1 Å². The molecule has 0 unspecified atom stereocenters. The molecule has 0 aromatic heterocycles. The van der Waals surface area contributed by atoms with E-state index in [0.717, 1.165) is 0 Å². The molecular weight excluding hydrogens is 487 g/mol. The first-order valence-electron chi connectivity index (χ1n) is 9.09. The van der Waals surface area contributed by atoms with Crippen molar-refractivity contribution in [3.8, 4) is 11.5 Å². The lowest BCUT2D eigenvalue weighted by molar-refractivity contribution is -0.128. The molecule has 0 atom stereocenters. The molecule has 2 aromatic rings. The van der Waals surface area contributed by atoms with E-state index in [9.17, 15) is 14.0 Å². The first-order valence-corrected chi connectivity index (χ1v) is 10.3. The average Bonchev–Trinajstić information content (AvgIpc) is 2.74. The molecule has 0 radical (unpaired) electrons. The molecule has 31 heavy (non-hydrogen) atoms. The van der Waals surface area contributed by atoms with Crippen LogP contribution in [0.1, 0.15) is 11.1 Å². The summed E-state index contributed by atoms with van der Waals surface area (Å²) < 4.78 is 25.5. The lowest BCUT2D eigenvalue weighted by atomic mass is 10.1. The standard InChI is InChI=1S/C22H18BrFN2O4S/c1-3-8-26-21(28)15(20(27)25-22(26)31)9-13-10-16(23)19(18(11-13)29-2)30-12-14-6-4-5-7-17(14)24/h3-7,9-11H,1,8,12H2,2H3,(H,25,27,31)/b15-9+. The number of halogens is 2. The zero-order chi connectivity index (χ0) is 22.5. The topological polar surface area (TPSA) is 67.9 Å². The van der Waals surface area contributed by atoms with Gasteiger partial charge >= 0.3 is 0 Å². The number of hydrogen-bond acceptors (Lipinski definition) is 5. The molecule has 0 bridgehead atoms. The Kier molecular flexibility index (Phi) is 7.19. The molecule has 6 nitrogen and oxygen atoms in total. The fourth-order valence-corrected chi connectivity index (χ4v) is 3.71. The summed E-state index contributed by atoms with van der Waals surface area (Å²) in [4.78, 5) is 26.3. The Morgan fingerprint density at radius 2 is 2.03 bits per heavy atom. The third-order valence-corrected chi connectivity index (χ3v) is 5.30. The van der Waals surface area contributed by atoms with Crippen molar-refractivity contribution in [1.29, 1.82) is 0 Å². The van der Waals surface area contributed by atoms with Crippen LogP contribution in [0.4, 0.5) is 4.39 Å². The summed E-state index contributed by atoms with van der Waals surface area (Å²) in [5.74, 6) is -0.779. The minimum Gasteiger partial charge on any atom is -0.493 e. The summed E-state index contributed by atoms with van der Waals surface area (Å²) >= 11 is 8.46. The summed E-state index contributed by atoms with van der Waals surface area (Å²) in [6.45, 7) is 3.76. The molecule has 9 heteroatoms. The minimum absolute atomic E-state index is 0.00306. The maximum atomic E-state index is 13.9. The quantitative estimate of drug-likeness (QED) is 0.267. The van der Waals surface area contributed by atoms with Gasteiger partial charge in [-0.15, -0.1) is 6.58 Å². The summed E-state index contributed by atoms with van der Waals surface area (Å²) in [6.07, 6.45) is 2.95. The van der Waals surface area contributed by atoms with E-state index in [1.807, 2.05) is 0 Å². The summed E-state index contributed by atoms with van der Waals surface area (Å²) in [6, 6.07) is 9.58. The smallest absolute Gasteiger partial charge is 0.265 e. The highest BCUT2D eigenvalue weighted by atomic mass is 79.9. The van der Waals surface area contributed by atoms with Gasteiger partial charge in [0, 0.05) is 12.1 Å². The van der Waals surface area contributed by atoms with Gasteiger partial charge in [0.25, 0.3) is 11.8 Å². The number of methoxy groups -OCH3 is 1. The number of carbonyl (C=O) groups is 2. The highest BCUT2D eigenvalue weighted by molar-refractivity contribution is 9.10. The number of rotatable bonds is 7. The molecule has 0 aliphatic carbocycles. The monoisotopic (exact) mass is 504 g/mol. The second-order valence-electron chi connectivity index (χ2n) is 6.44. The maximum Gasteiger partial charge on any atom is 0.265 e. The van der Waals surface area contributed by atoms with Crippen LogP contribution >= 0.6 is 28.1 Å². The molecule has 1 aliphatic rings. The number of ether oxygens (including phenoxy) is 2. The highest BCUT2D eigenvalue weighted by Crippen LogP contribution is 2.38. The van der Waals surface area contributed by atoms with Crippen LogP contribution in [-0.4, -0.2) is 35.5 Å². The number of hydrogen-bond donors (Lipinski definition) is 1. The van der Waals surface area contributed by atoms with Crippen LogP contribution < -0.4 is 14.8 Å². The normalized spacial score (nSPS) is 15.1. The first-order chi connectivity index (χ1) is 14.8. The number of amides is 2. The molecule has 1 saturated heterocycles. The largest absolute Gasteiger partial charge is 0.493 e. The van der Waals surface area contributed by atoms with Gasteiger partial charge < -0.3 is 9.47 Å². The predicted molar refractivity (Wildman–Crippen MR) is 122 cm³/mol. The predicted octanol–water partition coefficient (Wildman–Crippen LogP) is 3.99. The second kappa shape index (κ2) is 9.84. The van der Waals surface area contributed by atoms with Crippen LogP contribution in [0.15, 0.2) is 59.1 Å². The molecule has 2 aromatic carbocycles. The minimum atomic E-state index is -0.592. The number of nitrogens with one attached hydrogen (secondary N) is 1. The van der Waals surface area contributed by atoms with E-state index in [4.69, 9.17) is 21.7 Å². The molecule has 0 spiro atoms. The Morgan fingerprint density at radius 1 is 1.29 bits per heavy atom. The third-order valence-electron chi connectivity index (χ3n) is 4.39. The van der Waals surface area contributed by atoms with Gasteiger partial charge in [-0.05, 0) is 58.0 Å². The zero-order valence-corrected chi connectivity index (χ0v) is 18.9. The van der Waals surface area contributed by atoms with Gasteiger partial charge in [0.1, 0.15) is 18.0 Å². The van der Waals surface area contributed by atoms with Crippen molar-refractivity contribution in [3.63, 3.8) is 0 Å². The van der Waals surface area contributed by atoms with E-state index in [1.165, 1.54) is 30.2 Å². The SMILES string of the molecule is C=CCN1C(=O)/C(=C/c2cc(Br)c(OCc3ccccc3F)c(OC)c2)C(=O)NC1=S. The van der Waals surface area contributed by atoms with Gasteiger partial charge in [-0.3, -0.25) is 19.8 Å². The van der Waals surface area contributed by atoms with Crippen molar-refractivity contribution in [2.24, 2.45) is 0 Å². The van der Waals surface area contributed by atoms with E-state index in [2.05, 4.69) is 27.8 Å². The summed E-state index contributed by atoms with van der Waals surface area (Å²) in [5.41, 5.74) is 0.835. The highest BCUT2D eigenvalue weighted by Gasteiger charge is 2.32. The number of nitrogens with zero attached hydrogens (tertiary/aromatic N) is 1. The van der Waals surface area contributed by atoms with Crippen LogP contribution in [0, 0.1) is 5.82 Å². The number of benzene rings is 2. The van der Waals surface area contributed by atoms with Crippen molar-refractivity contribution in [2.75, 3.05) is 13.7 Å². The summed E-state index contributed by atoms with van der Waals surface area (Å²) in [7, 11) is 1.46. The molecular formula is C22H18BrFN2O4S. The average molecular weight is 505 g/mol. The van der Waals surface area contributed by atoms with Crippen LogP contribution in [0.5, 0.6) is 11.5 Å². The Hall–Kier alpha value is -3.04. The fraction of sp³-hybridized carbons (Fsp3) is 0.136. The fourth-order valence-electron chi connectivity index (χ4n) is 2.88. The first kappa shape index (κ1) is 22.6. The number of thiocarbonyl (C=S) groups is 1. The zero-order valence-electron chi connectivity index (χ0n) is 16.5. The van der Waals surface area contributed by atoms with Crippen LogP contribution in [-0.2, 0) is 16.2 Å². The number of carbonyl (C=O) groups excluding carboxylic acids is 2. The third kappa shape index (κ3) is 5.00. The Bertz CT molecular complexity index is 1100. The van der Waals surface area contributed by atoms with Crippen molar-refractivity contribution in [3.05, 3.63) is 76.0 Å². The lowest BCUT2D eigenvalue weighted by Gasteiger charge is -2.27. The molecule has 1 N–H and O–H groups in total. The van der Waals surface area contributed by atoms with Crippen LogP contribution in [0.25, 0.3) is 6.08 Å². The van der Waals surface area contributed by atoms with Gasteiger partial charge in [0.2, 0.25) is 0 Å². The molecule has 1 fully saturated rings. The Morgan fingerprint density at radius 3 is 2.71 bits per heavy atom. The van der Waals surface area contributed by atoms with E-state index >= 15 is 0 Å². The van der Waals surface area contributed by atoms with Crippen LogP contribution in [0.3, 0.4) is 0 Å². The summed E-state index contributed by atoms with van der Waals surface area (Å²) in [5, 5.41) is 2.52. The van der Waals surface area contributed by atoms with Crippen molar-refractivity contribution >= 4 is 51.2 Å². The van der Waals surface area contributed by atoms with Gasteiger partial charge in [0.15, 0.2) is 16.6 Å². The van der Waals surface area contributed by atoms with E-state index < -0.39 is 11.8 Å². The van der Waals surface area contributed by atoms with Gasteiger partial charge in [-0.2, -0.15) is 0 Å². The molecule has 3 rings (SSSR count). The van der Waals surface area contributed by atoms with Crippen molar-refractivity contribution < 1.29 is 23.5 Å². The molecule has 0 saturated carbocycles. The Balaban J connectivity index is 1.91. The van der Waals surface area contributed by atoms with Gasteiger partial charge in [-0.1, -0.05) is 24.3 Å². The molecule has 2 amide bonds. The van der Waals surface area contributed by atoms with E-state index in [-0.39, 0.29) is 29.7 Å². The lowest BCUT2D eigenvalue weighted by Crippen LogP contribution is -2.53. The molecule has 160 valence electrons. The van der Waals surface area contributed by atoms with Crippen molar-refractivity contribution in [1.82, 2.24) is 10.2 Å². The molecule has 1 aliphatic heterocycles.